The molecule has 0 saturated heterocycles. The number of aliphatic carboxylic acids is 1. The maximum atomic E-state index is 13.2. The van der Waals surface area contributed by atoms with Gasteiger partial charge in [0.05, 0.1) is 31.3 Å². The van der Waals surface area contributed by atoms with Crippen LogP contribution in [0.5, 0.6) is 17.2 Å². The molecule has 33 heavy (non-hydrogen) atoms. The average molecular weight is 518 g/mol. The van der Waals surface area contributed by atoms with Crippen LogP contribution in [0.15, 0.2) is 44.7 Å². The number of methoxy groups -OCH3 is 2. The highest BCUT2D eigenvalue weighted by Gasteiger charge is 2.16. The van der Waals surface area contributed by atoms with Crippen molar-refractivity contribution >= 4 is 39.0 Å². The lowest BCUT2D eigenvalue weighted by Gasteiger charge is -2.14. The number of carbonyl (C=O) groups is 1. The first kappa shape index (κ1) is 24.2. The zero-order valence-electron chi connectivity index (χ0n) is 18.5. The van der Waals surface area contributed by atoms with Crippen LogP contribution in [0.25, 0.3) is 10.9 Å². The monoisotopic (exact) mass is 517 g/mol. The molecule has 0 aliphatic carbocycles. The number of benzene rings is 2. The number of fused-ring (bicyclic) bond motifs is 1. The van der Waals surface area contributed by atoms with Gasteiger partial charge in [0, 0.05) is 16.5 Å². The standard InChI is InChI=1S/C23H24BrN3O6/c1-4-5-6-20-26-17-8-7-15(24)11-16(17)23(30)27(20)25-12-14-9-18(31-2)22(19(10-14)32-3)33-13-21(28)29/h7-12H,4-6,13H2,1-3H3,(H,28,29). The second kappa shape index (κ2) is 11.0. The number of nitrogens with zero attached hydrogens (tertiary/aromatic N) is 3. The van der Waals surface area contributed by atoms with Crippen LogP contribution >= 0.6 is 15.9 Å². The molecule has 0 aliphatic rings. The maximum Gasteiger partial charge on any atom is 0.341 e. The lowest BCUT2D eigenvalue weighted by Crippen LogP contribution is -2.22. The topological polar surface area (TPSA) is 112 Å². The van der Waals surface area contributed by atoms with Gasteiger partial charge in [-0.05, 0) is 36.8 Å². The Labute approximate surface area is 198 Å². The largest absolute Gasteiger partial charge is 0.493 e. The third kappa shape index (κ3) is 5.70. The van der Waals surface area contributed by atoms with E-state index in [1.54, 1.807) is 24.3 Å². The van der Waals surface area contributed by atoms with E-state index in [4.69, 9.17) is 19.3 Å². The van der Waals surface area contributed by atoms with Crippen LogP contribution in [-0.2, 0) is 11.2 Å². The van der Waals surface area contributed by atoms with Gasteiger partial charge in [-0.2, -0.15) is 9.78 Å². The molecule has 0 aliphatic heterocycles. The lowest BCUT2D eigenvalue weighted by molar-refractivity contribution is -0.139. The second-order valence-electron chi connectivity index (χ2n) is 7.09. The van der Waals surface area contributed by atoms with E-state index >= 15 is 0 Å². The summed E-state index contributed by atoms with van der Waals surface area (Å²) in [6.07, 6.45) is 3.91. The lowest BCUT2D eigenvalue weighted by atomic mass is 10.2. The number of aryl methyl sites for hydroxylation is 1. The first-order valence-corrected chi connectivity index (χ1v) is 11.0. The summed E-state index contributed by atoms with van der Waals surface area (Å²) in [5.41, 5.74) is 0.905. The molecule has 0 bridgehead atoms. The molecule has 0 unspecified atom stereocenters. The van der Waals surface area contributed by atoms with E-state index in [9.17, 15) is 9.59 Å². The Morgan fingerprint density at radius 2 is 1.91 bits per heavy atom. The molecule has 0 radical (unpaired) electrons. The summed E-state index contributed by atoms with van der Waals surface area (Å²) < 4.78 is 18.1. The molecule has 0 fully saturated rings. The van der Waals surface area contributed by atoms with E-state index in [0.717, 1.165) is 17.3 Å². The van der Waals surface area contributed by atoms with Crippen molar-refractivity contribution in [2.75, 3.05) is 20.8 Å². The van der Waals surface area contributed by atoms with Crippen molar-refractivity contribution in [1.29, 1.82) is 0 Å². The smallest absolute Gasteiger partial charge is 0.341 e. The molecule has 174 valence electrons. The molecule has 0 saturated carbocycles. The highest BCUT2D eigenvalue weighted by Crippen LogP contribution is 2.38. The SMILES string of the molecule is CCCCc1nc2ccc(Br)cc2c(=O)n1N=Cc1cc(OC)c(OCC(=O)O)c(OC)c1. The molecule has 1 heterocycles. The number of hydrogen-bond donors (Lipinski definition) is 1. The van der Waals surface area contributed by atoms with Crippen LogP contribution < -0.4 is 19.8 Å². The van der Waals surface area contributed by atoms with Gasteiger partial charge in [-0.15, -0.1) is 0 Å². The van der Waals surface area contributed by atoms with Crippen LogP contribution in [0.3, 0.4) is 0 Å². The normalized spacial score (nSPS) is 11.2. The van der Waals surface area contributed by atoms with E-state index < -0.39 is 12.6 Å². The van der Waals surface area contributed by atoms with Crippen molar-refractivity contribution in [1.82, 2.24) is 9.66 Å². The third-order valence-electron chi connectivity index (χ3n) is 4.77. The first-order chi connectivity index (χ1) is 15.9. The zero-order valence-corrected chi connectivity index (χ0v) is 20.1. The summed E-state index contributed by atoms with van der Waals surface area (Å²) in [4.78, 5) is 28.7. The minimum Gasteiger partial charge on any atom is -0.493 e. The number of rotatable bonds is 10. The number of unbranched alkanes of at least 4 members (excludes halogenated alkanes) is 1. The van der Waals surface area contributed by atoms with Crippen LogP contribution in [0.2, 0.25) is 0 Å². The van der Waals surface area contributed by atoms with Crippen LogP contribution in [-0.4, -0.2) is 47.8 Å². The molecule has 2 aromatic carbocycles. The van der Waals surface area contributed by atoms with Crippen molar-refractivity contribution in [3.05, 3.63) is 56.5 Å². The number of carboxylic acid groups (broad SMARTS) is 1. The third-order valence-corrected chi connectivity index (χ3v) is 5.27. The van der Waals surface area contributed by atoms with Gasteiger partial charge in [0.1, 0.15) is 5.82 Å². The Bertz CT molecular complexity index is 1230. The highest BCUT2D eigenvalue weighted by atomic mass is 79.9. The molecule has 3 rings (SSSR count). The van der Waals surface area contributed by atoms with E-state index in [-0.39, 0.29) is 22.8 Å². The molecular formula is C23H24BrN3O6. The fraction of sp³-hybridized carbons (Fsp3) is 0.304. The first-order valence-electron chi connectivity index (χ1n) is 10.2. The molecule has 3 aromatic rings. The summed E-state index contributed by atoms with van der Waals surface area (Å²) in [6, 6.07) is 8.60. The van der Waals surface area contributed by atoms with Gasteiger partial charge in [-0.25, -0.2) is 9.78 Å². The van der Waals surface area contributed by atoms with Crippen molar-refractivity contribution < 1.29 is 24.1 Å². The van der Waals surface area contributed by atoms with Crippen molar-refractivity contribution in [2.24, 2.45) is 5.10 Å². The van der Waals surface area contributed by atoms with Gasteiger partial charge >= 0.3 is 5.97 Å². The second-order valence-corrected chi connectivity index (χ2v) is 8.01. The average Bonchev–Trinajstić information content (AvgIpc) is 2.80. The summed E-state index contributed by atoms with van der Waals surface area (Å²) >= 11 is 3.40. The summed E-state index contributed by atoms with van der Waals surface area (Å²) in [5, 5.41) is 13.8. The molecule has 1 N–H and O–H groups in total. The molecular weight excluding hydrogens is 494 g/mol. The van der Waals surface area contributed by atoms with E-state index in [0.29, 0.717) is 28.7 Å². The fourth-order valence-corrected chi connectivity index (χ4v) is 3.55. The maximum absolute atomic E-state index is 13.2. The number of aromatic nitrogens is 2. The van der Waals surface area contributed by atoms with Crippen LogP contribution in [0, 0.1) is 0 Å². The van der Waals surface area contributed by atoms with Gasteiger partial charge in [-0.1, -0.05) is 29.3 Å². The molecule has 1 aromatic heterocycles. The number of hydrogen-bond acceptors (Lipinski definition) is 7. The Kier molecular flexibility index (Phi) is 8.05. The van der Waals surface area contributed by atoms with Gasteiger partial charge in [0.15, 0.2) is 18.1 Å². The molecule has 0 amide bonds. The quantitative estimate of drug-likeness (QED) is 0.406. The number of ether oxygens (including phenoxy) is 3. The van der Waals surface area contributed by atoms with E-state index in [1.165, 1.54) is 25.1 Å². The summed E-state index contributed by atoms with van der Waals surface area (Å²) in [7, 11) is 2.86. The van der Waals surface area contributed by atoms with Gasteiger partial charge in [0.25, 0.3) is 5.56 Å². The van der Waals surface area contributed by atoms with Gasteiger partial charge in [-0.3, -0.25) is 4.79 Å². The summed E-state index contributed by atoms with van der Waals surface area (Å²) in [6.45, 7) is 1.52. The molecule has 10 heteroatoms. The predicted molar refractivity (Wildman–Crippen MR) is 128 cm³/mol. The molecule has 0 atom stereocenters. The summed E-state index contributed by atoms with van der Waals surface area (Å²) in [5.74, 6) is 0.150. The fourth-order valence-electron chi connectivity index (χ4n) is 3.19. The van der Waals surface area contributed by atoms with E-state index in [1.807, 2.05) is 6.07 Å². The van der Waals surface area contributed by atoms with Crippen LogP contribution in [0.4, 0.5) is 0 Å². The molecule has 9 nitrogen and oxygen atoms in total. The Morgan fingerprint density at radius 3 is 2.52 bits per heavy atom. The predicted octanol–water partition coefficient (Wildman–Crippen LogP) is 3.86. The van der Waals surface area contributed by atoms with Crippen molar-refractivity contribution in [2.45, 2.75) is 26.2 Å². The Hall–Kier alpha value is -3.40. The van der Waals surface area contributed by atoms with Gasteiger partial charge < -0.3 is 19.3 Å². The minimum absolute atomic E-state index is 0.164. The zero-order chi connectivity index (χ0) is 24.0. The van der Waals surface area contributed by atoms with Crippen molar-refractivity contribution in [3.63, 3.8) is 0 Å². The highest BCUT2D eigenvalue weighted by molar-refractivity contribution is 9.10. The van der Waals surface area contributed by atoms with Crippen molar-refractivity contribution in [3.8, 4) is 17.2 Å². The van der Waals surface area contributed by atoms with Gasteiger partial charge in [0.2, 0.25) is 5.75 Å². The Morgan fingerprint density at radius 1 is 1.21 bits per heavy atom. The Balaban J connectivity index is 2.08. The molecule has 0 spiro atoms. The van der Waals surface area contributed by atoms with Crippen LogP contribution in [0.1, 0.15) is 31.2 Å². The number of carboxylic acids is 1. The van der Waals surface area contributed by atoms with E-state index in [2.05, 4.69) is 32.9 Å². The number of halogens is 1. The minimum atomic E-state index is -1.13.